The average Bonchev–Trinajstić information content (AvgIpc) is 2.30. The van der Waals surface area contributed by atoms with Gasteiger partial charge in [-0.15, -0.1) is 0 Å². The molecule has 3 heteroatoms. The fourth-order valence-corrected chi connectivity index (χ4v) is 1.94. The van der Waals surface area contributed by atoms with Gasteiger partial charge in [-0.05, 0) is 5.56 Å². The highest BCUT2D eigenvalue weighted by atomic mass is 16.2. The lowest BCUT2D eigenvalue weighted by atomic mass is 10.0. The minimum Gasteiger partial charge on any atom is -0.340 e. The molecule has 1 fully saturated rings. The second-order valence-electron chi connectivity index (χ2n) is 3.88. The van der Waals surface area contributed by atoms with Gasteiger partial charge in [0.1, 0.15) is 0 Å². The summed E-state index contributed by atoms with van der Waals surface area (Å²) in [5, 5.41) is 3.43. The third-order valence-corrected chi connectivity index (χ3v) is 2.82. The Labute approximate surface area is 90.1 Å². The van der Waals surface area contributed by atoms with Crippen LogP contribution in [0.5, 0.6) is 0 Å². The molecule has 3 nitrogen and oxygen atoms in total. The Bertz CT molecular complexity index is 337. The van der Waals surface area contributed by atoms with E-state index in [1.807, 2.05) is 23.1 Å². The van der Waals surface area contributed by atoms with E-state index in [1.165, 1.54) is 5.56 Å². The monoisotopic (exact) mass is 204 g/mol. The van der Waals surface area contributed by atoms with Gasteiger partial charge in [-0.2, -0.15) is 0 Å². The molecule has 1 N–H and O–H groups in total. The quantitative estimate of drug-likeness (QED) is 0.745. The highest BCUT2D eigenvalue weighted by molar-refractivity contribution is 5.73. The van der Waals surface area contributed by atoms with Gasteiger partial charge in [-0.1, -0.05) is 30.3 Å². The van der Waals surface area contributed by atoms with Crippen LogP contribution in [-0.4, -0.2) is 30.4 Å². The third-order valence-electron chi connectivity index (χ3n) is 2.82. The lowest BCUT2D eigenvalue weighted by molar-refractivity contribution is -0.130. The molecule has 0 aliphatic carbocycles. The Kier molecular flexibility index (Phi) is 3.02. The van der Waals surface area contributed by atoms with E-state index < -0.39 is 0 Å². The minimum atomic E-state index is 0.164. The number of nitrogens with one attached hydrogen (secondary N) is 1. The van der Waals surface area contributed by atoms with E-state index in [4.69, 9.17) is 0 Å². The number of amides is 1. The van der Waals surface area contributed by atoms with E-state index in [2.05, 4.69) is 17.4 Å². The second-order valence-corrected chi connectivity index (χ2v) is 3.88. The zero-order valence-electron chi connectivity index (χ0n) is 8.94. The second kappa shape index (κ2) is 4.45. The van der Waals surface area contributed by atoms with Crippen LogP contribution in [0.1, 0.15) is 18.5 Å². The number of hydrogen-bond acceptors (Lipinski definition) is 2. The lowest BCUT2D eigenvalue weighted by Crippen LogP contribution is -2.47. The molecular weight excluding hydrogens is 188 g/mol. The van der Waals surface area contributed by atoms with Crippen LogP contribution in [0.4, 0.5) is 0 Å². The summed E-state index contributed by atoms with van der Waals surface area (Å²) in [6, 6.07) is 10.6. The molecule has 0 unspecified atom stereocenters. The molecule has 1 aliphatic rings. The summed E-state index contributed by atoms with van der Waals surface area (Å²) in [4.78, 5) is 13.2. The van der Waals surface area contributed by atoms with Gasteiger partial charge in [-0.25, -0.2) is 0 Å². The standard InChI is InChI=1S/C12H16N2O/c1-10(15)14-8-7-13-12(9-14)11-5-3-2-4-6-11/h2-6,12-13H,7-9H2,1H3/t12-/m0/s1. The molecular formula is C12H16N2O. The Morgan fingerprint density at radius 3 is 2.80 bits per heavy atom. The number of benzene rings is 1. The van der Waals surface area contributed by atoms with Gasteiger partial charge in [0.25, 0.3) is 0 Å². The summed E-state index contributed by atoms with van der Waals surface area (Å²) < 4.78 is 0. The smallest absolute Gasteiger partial charge is 0.219 e. The molecule has 1 atom stereocenters. The average molecular weight is 204 g/mol. The predicted octanol–water partition coefficient (Wildman–Crippen LogP) is 1.18. The van der Waals surface area contributed by atoms with Crippen LogP contribution in [0.3, 0.4) is 0 Å². The summed E-state index contributed by atoms with van der Waals surface area (Å²) in [5.74, 6) is 0.164. The molecule has 80 valence electrons. The van der Waals surface area contributed by atoms with Gasteiger partial charge in [0.2, 0.25) is 5.91 Å². The van der Waals surface area contributed by atoms with Gasteiger partial charge in [-0.3, -0.25) is 4.79 Å². The molecule has 1 amide bonds. The topological polar surface area (TPSA) is 32.3 Å². The lowest BCUT2D eigenvalue weighted by Gasteiger charge is -2.33. The maximum absolute atomic E-state index is 11.3. The van der Waals surface area contributed by atoms with Crippen molar-refractivity contribution in [2.45, 2.75) is 13.0 Å². The van der Waals surface area contributed by atoms with Crippen molar-refractivity contribution in [1.29, 1.82) is 0 Å². The summed E-state index contributed by atoms with van der Waals surface area (Å²) >= 11 is 0. The predicted molar refractivity (Wildman–Crippen MR) is 59.4 cm³/mol. The van der Waals surface area contributed by atoms with Gasteiger partial charge >= 0.3 is 0 Å². The van der Waals surface area contributed by atoms with E-state index >= 15 is 0 Å². The number of piperazine rings is 1. The van der Waals surface area contributed by atoms with Crippen LogP contribution in [0.2, 0.25) is 0 Å². The molecule has 1 saturated heterocycles. The molecule has 15 heavy (non-hydrogen) atoms. The van der Waals surface area contributed by atoms with Crippen molar-refractivity contribution in [3.63, 3.8) is 0 Å². The van der Waals surface area contributed by atoms with Crippen molar-refractivity contribution >= 4 is 5.91 Å². The highest BCUT2D eigenvalue weighted by Gasteiger charge is 2.21. The maximum Gasteiger partial charge on any atom is 0.219 e. The number of carbonyl (C=O) groups is 1. The molecule has 1 heterocycles. The molecule has 0 aromatic heterocycles. The zero-order valence-corrected chi connectivity index (χ0v) is 8.94. The van der Waals surface area contributed by atoms with Crippen LogP contribution in [0.15, 0.2) is 30.3 Å². The van der Waals surface area contributed by atoms with Crippen molar-refractivity contribution in [2.75, 3.05) is 19.6 Å². The Morgan fingerprint density at radius 2 is 2.13 bits per heavy atom. The first-order valence-corrected chi connectivity index (χ1v) is 5.31. The van der Waals surface area contributed by atoms with Gasteiger partial charge in [0, 0.05) is 32.6 Å². The fourth-order valence-electron chi connectivity index (χ4n) is 1.94. The molecule has 0 radical (unpaired) electrons. The van der Waals surface area contributed by atoms with Gasteiger partial charge in [0.15, 0.2) is 0 Å². The summed E-state index contributed by atoms with van der Waals surface area (Å²) in [6.07, 6.45) is 0. The molecule has 0 bridgehead atoms. The molecule has 0 saturated carbocycles. The van der Waals surface area contributed by atoms with Crippen molar-refractivity contribution in [3.05, 3.63) is 35.9 Å². The first kappa shape index (κ1) is 10.2. The van der Waals surface area contributed by atoms with E-state index in [-0.39, 0.29) is 11.9 Å². The summed E-state index contributed by atoms with van der Waals surface area (Å²) in [7, 11) is 0. The van der Waals surface area contributed by atoms with Crippen LogP contribution in [0, 0.1) is 0 Å². The van der Waals surface area contributed by atoms with Crippen LogP contribution >= 0.6 is 0 Å². The normalized spacial score (nSPS) is 21.4. The van der Waals surface area contributed by atoms with E-state index in [0.717, 1.165) is 19.6 Å². The summed E-state index contributed by atoms with van der Waals surface area (Å²) in [5.41, 5.74) is 1.25. The molecule has 1 aromatic carbocycles. The molecule has 1 aromatic rings. The van der Waals surface area contributed by atoms with Crippen LogP contribution in [0.25, 0.3) is 0 Å². The minimum absolute atomic E-state index is 0.164. The highest BCUT2D eigenvalue weighted by Crippen LogP contribution is 2.16. The maximum atomic E-state index is 11.3. The number of hydrogen-bond donors (Lipinski definition) is 1. The first-order valence-electron chi connectivity index (χ1n) is 5.31. The van der Waals surface area contributed by atoms with Crippen molar-refractivity contribution in [1.82, 2.24) is 10.2 Å². The first-order chi connectivity index (χ1) is 7.27. The largest absolute Gasteiger partial charge is 0.340 e. The van der Waals surface area contributed by atoms with Crippen LogP contribution in [-0.2, 0) is 4.79 Å². The number of carbonyl (C=O) groups excluding carboxylic acids is 1. The van der Waals surface area contributed by atoms with E-state index in [1.54, 1.807) is 6.92 Å². The zero-order chi connectivity index (χ0) is 10.7. The molecule has 2 rings (SSSR count). The fraction of sp³-hybridized carbons (Fsp3) is 0.417. The van der Waals surface area contributed by atoms with E-state index in [0.29, 0.717) is 0 Å². The SMILES string of the molecule is CC(=O)N1CCN[C@H](c2ccccc2)C1. The Balaban J connectivity index is 2.08. The van der Waals surface area contributed by atoms with E-state index in [9.17, 15) is 4.79 Å². The number of nitrogens with zero attached hydrogens (tertiary/aromatic N) is 1. The third kappa shape index (κ3) is 2.36. The summed E-state index contributed by atoms with van der Waals surface area (Å²) in [6.45, 7) is 4.10. The van der Waals surface area contributed by atoms with Crippen molar-refractivity contribution in [3.8, 4) is 0 Å². The van der Waals surface area contributed by atoms with Crippen LogP contribution < -0.4 is 5.32 Å². The van der Waals surface area contributed by atoms with Gasteiger partial charge in [0.05, 0.1) is 0 Å². The molecule has 0 spiro atoms. The van der Waals surface area contributed by atoms with Crippen molar-refractivity contribution in [2.24, 2.45) is 0 Å². The van der Waals surface area contributed by atoms with Crippen molar-refractivity contribution < 1.29 is 4.79 Å². The Morgan fingerprint density at radius 1 is 1.40 bits per heavy atom. The van der Waals surface area contributed by atoms with Gasteiger partial charge < -0.3 is 10.2 Å². The molecule has 1 aliphatic heterocycles. The number of rotatable bonds is 1. The Hall–Kier alpha value is -1.35.